The minimum absolute atomic E-state index is 0.0184. The molecule has 1 saturated heterocycles. The quantitative estimate of drug-likeness (QED) is 0.335. The summed E-state index contributed by atoms with van der Waals surface area (Å²) in [5.41, 5.74) is 10.1. The Kier molecular flexibility index (Phi) is 7.17. The summed E-state index contributed by atoms with van der Waals surface area (Å²) >= 11 is 0. The lowest BCUT2D eigenvalue weighted by Crippen LogP contribution is -2.34. The van der Waals surface area contributed by atoms with Crippen LogP contribution >= 0.6 is 0 Å². The van der Waals surface area contributed by atoms with Crippen molar-refractivity contribution < 1.29 is 19.0 Å². The van der Waals surface area contributed by atoms with E-state index in [1.54, 1.807) is 26.0 Å². The molecule has 1 aliphatic heterocycles. The minimum Gasteiger partial charge on any atom is -0.382 e. The van der Waals surface area contributed by atoms with E-state index in [0.29, 0.717) is 34.4 Å². The van der Waals surface area contributed by atoms with Gasteiger partial charge in [0.25, 0.3) is 0 Å². The summed E-state index contributed by atoms with van der Waals surface area (Å²) in [7, 11) is -3.57. The normalized spacial score (nSPS) is 15.1. The number of benzene rings is 2. The fourth-order valence-electron chi connectivity index (χ4n) is 4.20. The predicted molar refractivity (Wildman–Crippen MR) is 146 cm³/mol. The highest BCUT2D eigenvalue weighted by atomic mass is 32.2. The number of sulfone groups is 1. The van der Waals surface area contributed by atoms with E-state index in [1.165, 1.54) is 23.9 Å². The highest BCUT2D eigenvalue weighted by molar-refractivity contribution is 7.92. The molecule has 5 rings (SSSR count). The fraction of sp³-hybridized carbons (Fsp3) is 0.321. The van der Waals surface area contributed by atoms with E-state index in [9.17, 15) is 8.42 Å². The van der Waals surface area contributed by atoms with Gasteiger partial charge in [-0.3, -0.25) is 0 Å². The van der Waals surface area contributed by atoms with Crippen LogP contribution in [0.3, 0.4) is 0 Å². The zero-order valence-corrected chi connectivity index (χ0v) is 22.2. The monoisotopic (exact) mass is 534 g/mol. The molecule has 0 aliphatic carbocycles. The minimum atomic E-state index is -3.57. The zero-order chi connectivity index (χ0) is 27.6. The third-order valence-corrected chi connectivity index (χ3v) is 8.73. The Labute approximate surface area is 223 Å². The van der Waals surface area contributed by atoms with Crippen LogP contribution in [0.2, 0.25) is 0 Å². The summed E-state index contributed by atoms with van der Waals surface area (Å²) in [5, 5.41) is 7.16. The van der Waals surface area contributed by atoms with Crippen molar-refractivity contribution >= 4 is 15.7 Å². The maximum Gasteiger partial charge on any atom is 0.189 e. The molecule has 3 heterocycles. The van der Waals surface area contributed by atoms with E-state index in [-0.39, 0.29) is 16.8 Å². The van der Waals surface area contributed by atoms with Crippen LogP contribution < -0.4 is 11.1 Å². The Morgan fingerprint density at radius 2 is 1.79 bits per heavy atom. The van der Waals surface area contributed by atoms with Crippen molar-refractivity contribution in [3.05, 3.63) is 66.3 Å². The molecule has 1 aliphatic rings. The highest BCUT2D eigenvalue weighted by Gasteiger charge is 2.20. The summed E-state index contributed by atoms with van der Waals surface area (Å²) in [6.45, 7) is 5.59. The standard InChI is InChI=1S/C28H31N5O4S/c1-18(2)38(34,35)23-9-7-21(8-10-23)25-17-31-28(29)27(32-25)26-15-24(33-37-26)20-5-3-19(4-6-20)16-30-22-11-13-36-14-12-22/h3-10,15,17-18,22,30H,11-14,16H2,1-2H3,(H2,29,31)/i9D. The van der Waals surface area contributed by atoms with Crippen LogP contribution in [-0.2, 0) is 21.1 Å². The Balaban J connectivity index is 1.34. The fourth-order valence-corrected chi connectivity index (χ4v) is 5.19. The summed E-state index contributed by atoms with van der Waals surface area (Å²) in [4.78, 5) is 8.83. The van der Waals surface area contributed by atoms with Crippen molar-refractivity contribution in [2.45, 2.75) is 49.4 Å². The van der Waals surface area contributed by atoms with E-state index in [0.717, 1.165) is 38.2 Å². The van der Waals surface area contributed by atoms with Gasteiger partial charge >= 0.3 is 0 Å². The number of ether oxygens (including phenoxy) is 1. The number of rotatable bonds is 8. The number of nitrogens with two attached hydrogens (primary N) is 1. The molecule has 0 atom stereocenters. The molecule has 38 heavy (non-hydrogen) atoms. The third kappa shape index (κ3) is 5.62. The number of nitrogens with one attached hydrogen (secondary N) is 1. The van der Waals surface area contributed by atoms with Gasteiger partial charge in [0.05, 0.1) is 23.4 Å². The molecule has 3 N–H and O–H groups in total. The van der Waals surface area contributed by atoms with Gasteiger partial charge in [0, 0.05) is 43.0 Å². The second-order valence-electron chi connectivity index (χ2n) is 9.57. The van der Waals surface area contributed by atoms with Gasteiger partial charge in [0.1, 0.15) is 5.69 Å². The summed E-state index contributed by atoms with van der Waals surface area (Å²) < 4.78 is 44.3. The Bertz CT molecular complexity index is 1570. The predicted octanol–water partition coefficient (Wildman–Crippen LogP) is 4.50. The van der Waals surface area contributed by atoms with Crippen molar-refractivity contribution in [3.63, 3.8) is 0 Å². The molecule has 2 aromatic heterocycles. The third-order valence-electron chi connectivity index (χ3n) is 6.62. The first-order chi connectivity index (χ1) is 18.7. The van der Waals surface area contributed by atoms with Crippen molar-refractivity contribution in [1.82, 2.24) is 20.4 Å². The van der Waals surface area contributed by atoms with Crippen LogP contribution in [0.4, 0.5) is 5.82 Å². The van der Waals surface area contributed by atoms with Crippen molar-refractivity contribution in [2.75, 3.05) is 18.9 Å². The van der Waals surface area contributed by atoms with Gasteiger partial charge in [-0.15, -0.1) is 0 Å². The first-order valence-electron chi connectivity index (χ1n) is 13.1. The van der Waals surface area contributed by atoms with E-state index in [4.69, 9.17) is 16.4 Å². The molecular formula is C28H31N5O4S. The van der Waals surface area contributed by atoms with Crippen LogP contribution in [0.15, 0.2) is 70.2 Å². The second kappa shape index (κ2) is 11.0. The average Bonchev–Trinajstić information content (AvgIpc) is 3.43. The molecule has 1 fully saturated rings. The highest BCUT2D eigenvalue weighted by Crippen LogP contribution is 2.30. The van der Waals surface area contributed by atoms with Gasteiger partial charge in [0.2, 0.25) is 0 Å². The number of hydrogen-bond acceptors (Lipinski definition) is 9. The van der Waals surface area contributed by atoms with Crippen LogP contribution in [0.25, 0.3) is 34.0 Å². The molecule has 0 amide bonds. The summed E-state index contributed by atoms with van der Waals surface area (Å²) in [6, 6.07) is 14.8. The molecule has 0 bridgehead atoms. The second-order valence-corrected chi connectivity index (χ2v) is 12.0. The summed E-state index contributed by atoms with van der Waals surface area (Å²) in [5.74, 6) is 0.522. The summed E-state index contributed by atoms with van der Waals surface area (Å²) in [6.07, 6.45) is 3.54. The van der Waals surface area contributed by atoms with E-state index < -0.39 is 15.1 Å². The molecule has 0 saturated carbocycles. The molecule has 4 aromatic rings. The van der Waals surface area contributed by atoms with Crippen LogP contribution in [0.5, 0.6) is 0 Å². The van der Waals surface area contributed by atoms with E-state index in [2.05, 4.69) is 32.6 Å². The zero-order valence-electron chi connectivity index (χ0n) is 22.3. The molecule has 2 aromatic carbocycles. The molecule has 0 unspecified atom stereocenters. The Hall–Kier alpha value is -3.60. The van der Waals surface area contributed by atoms with E-state index in [1.807, 2.05) is 12.1 Å². The first kappa shape index (κ1) is 24.7. The lowest BCUT2D eigenvalue weighted by Gasteiger charge is -2.23. The molecule has 10 heteroatoms. The molecule has 0 spiro atoms. The number of nitrogens with zero attached hydrogens (tertiary/aromatic N) is 3. The van der Waals surface area contributed by atoms with Gasteiger partial charge in [0.15, 0.2) is 27.1 Å². The Morgan fingerprint density at radius 3 is 2.50 bits per heavy atom. The van der Waals surface area contributed by atoms with Crippen LogP contribution in [0, 0.1) is 0 Å². The van der Waals surface area contributed by atoms with E-state index >= 15 is 0 Å². The number of aromatic nitrogens is 3. The number of hydrogen-bond donors (Lipinski definition) is 2. The Morgan fingerprint density at radius 1 is 1.08 bits per heavy atom. The topological polar surface area (TPSA) is 133 Å². The van der Waals surface area contributed by atoms with Crippen molar-refractivity contribution in [3.8, 4) is 34.0 Å². The maximum absolute atomic E-state index is 12.5. The lowest BCUT2D eigenvalue weighted by molar-refractivity contribution is 0.0776. The smallest absolute Gasteiger partial charge is 0.189 e. The van der Waals surface area contributed by atoms with Gasteiger partial charge in [-0.1, -0.05) is 41.6 Å². The van der Waals surface area contributed by atoms with Gasteiger partial charge in [-0.2, -0.15) is 0 Å². The molecule has 0 radical (unpaired) electrons. The number of nitrogen functional groups attached to an aromatic ring is 1. The largest absolute Gasteiger partial charge is 0.382 e. The van der Waals surface area contributed by atoms with Crippen molar-refractivity contribution in [1.29, 1.82) is 0 Å². The average molecular weight is 535 g/mol. The van der Waals surface area contributed by atoms with Crippen LogP contribution in [0.1, 0.15) is 33.6 Å². The SMILES string of the molecule is [2H]c1cc(-c2cnc(N)c(-c3cc(-c4ccc(CNC5CCOCC5)cc4)no3)n2)ccc1S(=O)(=O)C(C)C. The number of anilines is 1. The van der Waals surface area contributed by atoms with Gasteiger partial charge in [-0.25, -0.2) is 18.4 Å². The lowest BCUT2D eigenvalue weighted by atomic mass is 10.1. The van der Waals surface area contributed by atoms with Gasteiger partial charge in [-0.05, 0) is 44.4 Å². The maximum atomic E-state index is 12.5. The molecule has 9 nitrogen and oxygen atoms in total. The first-order valence-corrected chi connectivity index (χ1v) is 14.1. The molecular weight excluding hydrogens is 502 g/mol. The van der Waals surface area contributed by atoms with Crippen LogP contribution in [-0.4, -0.2) is 48.0 Å². The van der Waals surface area contributed by atoms with Gasteiger partial charge < -0.3 is 20.3 Å². The molecule has 198 valence electrons. The van der Waals surface area contributed by atoms with Crippen molar-refractivity contribution in [2.24, 2.45) is 0 Å².